The number of hydrogen-bond donors (Lipinski definition) is 1. The van der Waals surface area contributed by atoms with Gasteiger partial charge in [0.2, 0.25) is 0 Å². The summed E-state index contributed by atoms with van der Waals surface area (Å²) in [5, 5.41) is 8.60. The number of hydrogen-bond acceptors (Lipinski definition) is 3. The first-order chi connectivity index (χ1) is 6.74. The molecule has 0 radical (unpaired) electrons. The van der Waals surface area contributed by atoms with Crippen LogP contribution >= 0.6 is 0 Å². The number of ether oxygens (including phenoxy) is 1. The lowest BCUT2D eigenvalue weighted by Crippen LogP contribution is -2.43. The highest BCUT2D eigenvalue weighted by Gasteiger charge is 2.22. The molecule has 1 heterocycles. The van der Waals surface area contributed by atoms with Crippen LogP contribution in [0.5, 0.6) is 0 Å². The van der Waals surface area contributed by atoms with Crippen LogP contribution in [0.2, 0.25) is 0 Å². The van der Waals surface area contributed by atoms with Crippen LogP contribution in [0.25, 0.3) is 0 Å². The summed E-state index contributed by atoms with van der Waals surface area (Å²) in [5.41, 5.74) is 0. The number of piperidine rings is 1. The third-order valence-corrected chi connectivity index (χ3v) is 2.72. The molecule has 1 aliphatic rings. The SMILES string of the molecule is COC[C@@H]1CCCCN1CCC(=O)O. The second-order valence-electron chi connectivity index (χ2n) is 3.78. The van der Waals surface area contributed by atoms with Crippen molar-refractivity contribution in [2.45, 2.75) is 31.7 Å². The second kappa shape index (κ2) is 5.98. The molecule has 0 amide bonds. The van der Waals surface area contributed by atoms with Crippen molar-refractivity contribution in [2.75, 3.05) is 26.8 Å². The van der Waals surface area contributed by atoms with Crippen LogP contribution in [0.15, 0.2) is 0 Å². The van der Waals surface area contributed by atoms with Crippen molar-refractivity contribution in [1.29, 1.82) is 0 Å². The maximum atomic E-state index is 10.4. The van der Waals surface area contributed by atoms with Crippen molar-refractivity contribution in [3.05, 3.63) is 0 Å². The lowest BCUT2D eigenvalue weighted by atomic mass is 10.0. The zero-order valence-corrected chi connectivity index (χ0v) is 8.74. The number of carboxylic acids is 1. The summed E-state index contributed by atoms with van der Waals surface area (Å²) in [6.07, 6.45) is 3.78. The molecule has 0 saturated carbocycles. The summed E-state index contributed by atoms with van der Waals surface area (Å²) in [5.74, 6) is -0.716. The fourth-order valence-electron chi connectivity index (χ4n) is 1.97. The lowest BCUT2D eigenvalue weighted by molar-refractivity contribution is -0.137. The van der Waals surface area contributed by atoms with Gasteiger partial charge >= 0.3 is 5.97 Å². The third-order valence-electron chi connectivity index (χ3n) is 2.72. The molecule has 0 aliphatic carbocycles. The largest absolute Gasteiger partial charge is 0.481 e. The van der Waals surface area contributed by atoms with E-state index in [1.54, 1.807) is 7.11 Å². The number of likely N-dealkylation sites (tertiary alicyclic amines) is 1. The third kappa shape index (κ3) is 3.64. The van der Waals surface area contributed by atoms with E-state index in [-0.39, 0.29) is 6.42 Å². The molecule has 1 saturated heterocycles. The van der Waals surface area contributed by atoms with Gasteiger partial charge in [-0.25, -0.2) is 0 Å². The van der Waals surface area contributed by atoms with Crippen LogP contribution < -0.4 is 0 Å². The number of carbonyl (C=O) groups is 1. The Bertz CT molecular complexity index is 182. The highest BCUT2D eigenvalue weighted by atomic mass is 16.5. The van der Waals surface area contributed by atoms with E-state index in [4.69, 9.17) is 9.84 Å². The molecule has 14 heavy (non-hydrogen) atoms. The first kappa shape index (κ1) is 11.5. The molecule has 0 aromatic rings. The van der Waals surface area contributed by atoms with Gasteiger partial charge in [-0.05, 0) is 19.4 Å². The zero-order valence-electron chi connectivity index (χ0n) is 8.74. The maximum Gasteiger partial charge on any atom is 0.304 e. The van der Waals surface area contributed by atoms with Gasteiger partial charge < -0.3 is 9.84 Å². The Labute approximate surface area is 84.8 Å². The molecule has 1 aliphatic heterocycles. The molecule has 0 aromatic carbocycles. The van der Waals surface area contributed by atoms with E-state index in [2.05, 4.69) is 4.90 Å². The van der Waals surface area contributed by atoms with E-state index in [0.717, 1.165) is 19.6 Å². The molecule has 1 N–H and O–H groups in total. The van der Waals surface area contributed by atoms with Crippen molar-refractivity contribution < 1.29 is 14.6 Å². The van der Waals surface area contributed by atoms with Gasteiger partial charge in [0.1, 0.15) is 0 Å². The monoisotopic (exact) mass is 201 g/mol. The maximum absolute atomic E-state index is 10.4. The fourth-order valence-corrected chi connectivity index (χ4v) is 1.97. The molecule has 1 rings (SSSR count). The van der Waals surface area contributed by atoms with E-state index in [9.17, 15) is 4.79 Å². The molecule has 1 atom stereocenters. The van der Waals surface area contributed by atoms with Gasteiger partial charge in [-0.15, -0.1) is 0 Å². The van der Waals surface area contributed by atoms with Crippen LogP contribution in [0, 0.1) is 0 Å². The summed E-state index contributed by atoms with van der Waals surface area (Å²) < 4.78 is 5.13. The van der Waals surface area contributed by atoms with Gasteiger partial charge in [0.15, 0.2) is 0 Å². The predicted molar refractivity (Wildman–Crippen MR) is 53.3 cm³/mol. The van der Waals surface area contributed by atoms with Crippen molar-refractivity contribution in [2.24, 2.45) is 0 Å². The lowest BCUT2D eigenvalue weighted by Gasteiger charge is -2.34. The summed E-state index contributed by atoms with van der Waals surface area (Å²) in [6, 6.07) is 0.424. The molecule has 4 heteroatoms. The van der Waals surface area contributed by atoms with E-state index < -0.39 is 5.97 Å². The normalized spacial score (nSPS) is 23.6. The van der Waals surface area contributed by atoms with E-state index in [1.165, 1.54) is 12.8 Å². The Hall–Kier alpha value is -0.610. The molecule has 4 nitrogen and oxygen atoms in total. The van der Waals surface area contributed by atoms with Crippen molar-refractivity contribution >= 4 is 5.97 Å². The van der Waals surface area contributed by atoms with Gasteiger partial charge in [-0.1, -0.05) is 6.42 Å². The Morgan fingerprint density at radius 1 is 1.57 bits per heavy atom. The summed E-state index contributed by atoms with van der Waals surface area (Å²) >= 11 is 0. The molecule has 0 unspecified atom stereocenters. The van der Waals surface area contributed by atoms with Gasteiger partial charge in [0.25, 0.3) is 0 Å². The molecule has 82 valence electrons. The number of carboxylic acid groups (broad SMARTS) is 1. The minimum atomic E-state index is -0.716. The Morgan fingerprint density at radius 3 is 3.00 bits per heavy atom. The highest BCUT2D eigenvalue weighted by Crippen LogP contribution is 2.17. The van der Waals surface area contributed by atoms with Crippen LogP contribution in [0.4, 0.5) is 0 Å². The van der Waals surface area contributed by atoms with E-state index >= 15 is 0 Å². The van der Waals surface area contributed by atoms with Crippen LogP contribution in [-0.4, -0.2) is 48.8 Å². The van der Waals surface area contributed by atoms with Crippen molar-refractivity contribution in [3.8, 4) is 0 Å². The van der Waals surface area contributed by atoms with Crippen LogP contribution in [0.1, 0.15) is 25.7 Å². The molecule has 1 fully saturated rings. The van der Waals surface area contributed by atoms with Crippen LogP contribution in [0.3, 0.4) is 0 Å². The zero-order chi connectivity index (χ0) is 10.4. The molecule has 0 spiro atoms. The van der Waals surface area contributed by atoms with Gasteiger partial charge in [0, 0.05) is 19.7 Å². The number of nitrogens with zero attached hydrogens (tertiary/aromatic N) is 1. The first-order valence-corrected chi connectivity index (χ1v) is 5.19. The van der Waals surface area contributed by atoms with E-state index in [0.29, 0.717) is 12.6 Å². The topological polar surface area (TPSA) is 49.8 Å². The highest BCUT2D eigenvalue weighted by molar-refractivity contribution is 5.66. The molecular weight excluding hydrogens is 182 g/mol. The first-order valence-electron chi connectivity index (χ1n) is 5.19. The summed E-state index contributed by atoms with van der Waals surface area (Å²) in [4.78, 5) is 12.7. The smallest absolute Gasteiger partial charge is 0.304 e. The molecular formula is C10H19NO3. The fraction of sp³-hybridized carbons (Fsp3) is 0.900. The van der Waals surface area contributed by atoms with Gasteiger partial charge in [-0.3, -0.25) is 9.69 Å². The Morgan fingerprint density at radius 2 is 2.36 bits per heavy atom. The molecule has 0 bridgehead atoms. The quantitative estimate of drug-likeness (QED) is 0.720. The predicted octanol–water partition coefficient (Wildman–Crippen LogP) is 0.962. The van der Waals surface area contributed by atoms with Gasteiger partial charge in [-0.2, -0.15) is 0 Å². The Balaban J connectivity index is 2.33. The Kier molecular flexibility index (Phi) is 4.90. The minimum Gasteiger partial charge on any atom is -0.481 e. The van der Waals surface area contributed by atoms with Crippen molar-refractivity contribution in [3.63, 3.8) is 0 Å². The molecule has 0 aromatic heterocycles. The number of methoxy groups -OCH3 is 1. The van der Waals surface area contributed by atoms with Gasteiger partial charge in [0.05, 0.1) is 13.0 Å². The second-order valence-corrected chi connectivity index (χ2v) is 3.78. The average Bonchev–Trinajstić information content (AvgIpc) is 2.17. The summed E-state index contributed by atoms with van der Waals surface area (Å²) in [6.45, 7) is 2.39. The number of rotatable bonds is 5. The van der Waals surface area contributed by atoms with E-state index in [1.807, 2.05) is 0 Å². The standard InChI is InChI=1S/C10H19NO3/c1-14-8-9-4-2-3-6-11(9)7-5-10(12)13/h9H,2-8H2,1H3,(H,12,13)/t9-/m0/s1. The van der Waals surface area contributed by atoms with Crippen LogP contribution in [-0.2, 0) is 9.53 Å². The number of aliphatic carboxylic acids is 1. The minimum absolute atomic E-state index is 0.236. The summed E-state index contributed by atoms with van der Waals surface area (Å²) in [7, 11) is 1.70. The average molecular weight is 201 g/mol. The van der Waals surface area contributed by atoms with Crippen molar-refractivity contribution in [1.82, 2.24) is 4.90 Å².